The summed E-state index contributed by atoms with van der Waals surface area (Å²) in [7, 11) is 0. The normalized spacial score (nSPS) is 19.1. The summed E-state index contributed by atoms with van der Waals surface area (Å²) in [6.07, 6.45) is 4.80. The number of benzene rings is 1. The lowest BCUT2D eigenvalue weighted by molar-refractivity contribution is -0.200. The van der Waals surface area contributed by atoms with Crippen molar-refractivity contribution in [3.8, 4) is 0 Å². The molecule has 0 radical (unpaired) electrons. The minimum atomic E-state index is -0.310. The first-order valence-corrected chi connectivity index (χ1v) is 6.94. The molecule has 0 saturated carbocycles. The summed E-state index contributed by atoms with van der Waals surface area (Å²) in [5.74, 6) is -0.163. The van der Waals surface area contributed by atoms with E-state index in [1.165, 1.54) is 0 Å². The number of nitrogens with one attached hydrogen (secondary N) is 2. The Morgan fingerprint density at radius 2 is 2.30 bits per heavy atom. The van der Waals surface area contributed by atoms with Crippen LogP contribution >= 0.6 is 0 Å². The van der Waals surface area contributed by atoms with Crippen LogP contribution in [0, 0.1) is 0 Å². The summed E-state index contributed by atoms with van der Waals surface area (Å²) in [6, 6.07) is 7.92. The topological polar surface area (TPSA) is 63.4 Å². The van der Waals surface area contributed by atoms with Crippen LogP contribution in [0.1, 0.15) is 24.8 Å². The van der Waals surface area contributed by atoms with E-state index in [1.54, 1.807) is 0 Å². The Labute approximate surface area is 117 Å². The first-order chi connectivity index (χ1) is 9.83. The molecule has 2 N–H and O–H groups in total. The van der Waals surface area contributed by atoms with E-state index in [2.05, 4.69) is 10.5 Å². The molecule has 0 spiro atoms. The van der Waals surface area contributed by atoms with E-state index in [0.29, 0.717) is 6.61 Å². The maximum atomic E-state index is 11.9. The number of para-hydroxylation sites is 1. The number of hydroxylamine groups is 1. The molecule has 1 aliphatic rings. The molecule has 20 heavy (non-hydrogen) atoms. The number of carbonyl (C=O) groups excluding carboxylic acids is 1. The van der Waals surface area contributed by atoms with Crippen molar-refractivity contribution in [1.82, 2.24) is 10.5 Å². The molecule has 0 aliphatic carbocycles. The van der Waals surface area contributed by atoms with E-state index < -0.39 is 0 Å². The van der Waals surface area contributed by atoms with Gasteiger partial charge in [0.2, 0.25) is 5.91 Å². The summed E-state index contributed by atoms with van der Waals surface area (Å²) >= 11 is 0. The molecule has 2 aromatic rings. The minimum Gasteiger partial charge on any atom is -0.361 e. The van der Waals surface area contributed by atoms with Crippen LogP contribution < -0.4 is 5.48 Å². The van der Waals surface area contributed by atoms with Gasteiger partial charge in [0.1, 0.15) is 0 Å². The van der Waals surface area contributed by atoms with Crippen LogP contribution in [0.15, 0.2) is 30.5 Å². The number of H-pyrrole nitrogens is 1. The van der Waals surface area contributed by atoms with Crippen LogP contribution in [0.3, 0.4) is 0 Å². The number of rotatable bonds is 4. The van der Waals surface area contributed by atoms with Gasteiger partial charge < -0.3 is 9.72 Å². The van der Waals surface area contributed by atoms with E-state index in [4.69, 9.17) is 9.57 Å². The number of amides is 1. The number of carbonyl (C=O) groups is 1. The predicted octanol–water partition coefficient (Wildman–Crippen LogP) is 2.28. The largest absolute Gasteiger partial charge is 0.361 e. The zero-order chi connectivity index (χ0) is 13.8. The molecule has 1 saturated heterocycles. The first kappa shape index (κ1) is 13.1. The van der Waals surface area contributed by atoms with Gasteiger partial charge in [-0.15, -0.1) is 0 Å². The van der Waals surface area contributed by atoms with Crippen molar-refractivity contribution in [2.75, 3.05) is 6.61 Å². The Kier molecular flexibility index (Phi) is 3.99. The van der Waals surface area contributed by atoms with Gasteiger partial charge in [0.25, 0.3) is 0 Å². The third-order valence-electron chi connectivity index (χ3n) is 3.47. The number of aromatic nitrogens is 1. The van der Waals surface area contributed by atoms with E-state index in [9.17, 15) is 4.79 Å². The maximum absolute atomic E-state index is 11.9. The van der Waals surface area contributed by atoms with Crippen molar-refractivity contribution in [1.29, 1.82) is 0 Å². The highest BCUT2D eigenvalue weighted by Gasteiger charge is 2.16. The van der Waals surface area contributed by atoms with Gasteiger partial charge >= 0.3 is 0 Å². The van der Waals surface area contributed by atoms with Crippen molar-refractivity contribution in [3.05, 3.63) is 36.0 Å². The lowest BCUT2D eigenvalue weighted by Gasteiger charge is -2.22. The van der Waals surface area contributed by atoms with Gasteiger partial charge in [-0.3, -0.25) is 4.79 Å². The summed E-state index contributed by atoms with van der Waals surface area (Å²) in [6.45, 7) is 0.697. The Balaban J connectivity index is 1.55. The summed E-state index contributed by atoms with van der Waals surface area (Å²) in [5, 5.41) is 1.07. The van der Waals surface area contributed by atoms with Gasteiger partial charge in [-0.1, -0.05) is 18.2 Å². The van der Waals surface area contributed by atoms with Crippen LogP contribution in [-0.4, -0.2) is 23.8 Å². The predicted molar refractivity (Wildman–Crippen MR) is 74.8 cm³/mol. The average molecular weight is 274 g/mol. The zero-order valence-electron chi connectivity index (χ0n) is 11.2. The lowest BCUT2D eigenvalue weighted by atomic mass is 10.1. The average Bonchev–Trinajstić information content (AvgIpc) is 2.90. The number of ether oxygens (including phenoxy) is 1. The SMILES string of the molecule is O=C(Cc1c[nH]c2ccccc12)NO[C@@H]1CCCCO1. The first-order valence-electron chi connectivity index (χ1n) is 6.94. The standard InChI is InChI=1S/C15H18N2O3/c18-14(17-20-15-7-3-4-8-19-15)9-11-10-16-13-6-2-1-5-12(11)13/h1-2,5-6,10,15-16H,3-4,7-9H2,(H,17,18)/t15-/m1/s1. The zero-order valence-corrected chi connectivity index (χ0v) is 11.2. The van der Waals surface area contributed by atoms with Gasteiger partial charge in [0.15, 0.2) is 6.29 Å². The summed E-state index contributed by atoms with van der Waals surface area (Å²) in [5.41, 5.74) is 4.48. The quantitative estimate of drug-likeness (QED) is 0.841. The molecule has 1 aliphatic heterocycles. The third-order valence-corrected chi connectivity index (χ3v) is 3.47. The molecule has 0 unspecified atom stereocenters. The molecule has 1 fully saturated rings. The van der Waals surface area contributed by atoms with Crippen LogP contribution in [0.4, 0.5) is 0 Å². The molecule has 1 aromatic carbocycles. The molecule has 3 rings (SSSR count). The number of hydrogen-bond donors (Lipinski definition) is 2. The molecule has 5 heteroatoms. The Bertz CT molecular complexity index is 588. The van der Waals surface area contributed by atoms with Gasteiger partial charge in [-0.05, 0) is 24.5 Å². The second kappa shape index (κ2) is 6.07. The van der Waals surface area contributed by atoms with Gasteiger partial charge in [-0.2, -0.15) is 0 Å². The van der Waals surface area contributed by atoms with Crippen molar-refractivity contribution in [2.24, 2.45) is 0 Å². The molecule has 5 nitrogen and oxygen atoms in total. The smallest absolute Gasteiger partial charge is 0.248 e. The molecule has 106 valence electrons. The fourth-order valence-corrected chi connectivity index (χ4v) is 2.42. The van der Waals surface area contributed by atoms with Crippen LogP contribution in [0.2, 0.25) is 0 Å². The highest BCUT2D eigenvalue weighted by molar-refractivity contribution is 5.88. The fourth-order valence-electron chi connectivity index (χ4n) is 2.42. The second-order valence-electron chi connectivity index (χ2n) is 4.98. The van der Waals surface area contributed by atoms with Crippen LogP contribution in [0.25, 0.3) is 10.9 Å². The molecule has 2 heterocycles. The molecule has 1 amide bonds. The van der Waals surface area contributed by atoms with E-state index in [0.717, 1.165) is 35.7 Å². The summed E-state index contributed by atoms with van der Waals surface area (Å²) in [4.78, 5) is 20.3. The van der Waals surface area contributed by atoms with E-state index in [-0.39, 0.29) is 18.6 Å². The fraction of sp³-hybridized carbons (Fsp3) is 0.400. The minimum absolute atomic E-state index is 0.163. The summed E-state index contributed by atoms with van der Waals surface area (Å²) < 4.78 is 5.39. The van der Waals surface area contributed by atoms with E-state index in [1.807, 2.05) is 30.5 Å². The molecular formula is C15H18N2O3. The Morgan fingerprint density at radius 1 is 1.40 bits per heavy atom. The highest BCUT2D eigenvalue weighted by Crippen LogP contribution is 2.18. The van der Waals surface area contributed by atoms with Crippen molar-refractivity contribution >= 4 is 16.8 Å². The van der Waals surface area contributed by atoms with E-state index >= 15 is 0 Å². The van der Waals surface area contributed by atoms with Gasteiger partial charge in [0.05, 0.1) is 6.42 Å². The van der Waals surface area contributed by atoms with Gasteiger partial charge in [-0.25, -0.2) is 10.3 Å². The number of fused-ring (bicyclic) bond motifs is 1. The van der Waals surface area contributed by atoms with Crippen molar-refractivity contribution in [2.45, 2.75) is 32.0 Å². The van der Waals surface area contributed by atoms with Crippen molar-refractivity contribution < 1.29 is 14.4 Å². The van der Waals surface area contributed by atoms with Crippen LogP contribution in [0.5, 0.6) is 0 Å². The molecule has 0 bridgehead atoms. The molecular weight excluding hydrogens is 256 g/mol. The molecule has 1 atom stereocenters. The lowest BCUT2D eigenvalue weighted by Crippen LogP contribution is -2.33. The van der Waals surface area contributed by atoms with Crippen LogP contribution in [-0.2, 0) is 20.8 Å². The number of hydrogen-bond acceptors (Lipinski definition) is 3. The maximum Gasteiger partial charge on any atom is 0.248 e. The third kappa shape index (κ3) is 3.00. The highest BCUT2D eigenvalue weighted by atomic mass is 16.8. The van der Waals surface area contributed by atoms with Gasteiger partial charge in [0, 0.05) is 30.1 Å². The second-order valence-corrected chi connectivity index (χ2v) is 4.98. The van der Waals surface area contributed by atoms with Crippen molar-refractivity contribution in [3.63, 3.8) is 0 Å². The monoisotopic (exact) mass is 274 g/mol. The Hall–Kier alpha value is -1.85. The molecule has 1 aromatic heterocycles. The Morgan fingerprint density at radius 3 is 3.15 bits per heavy atom. The number of aromatic amines is 1.